The van der Waals surface area contributed by atoms with E-state index in [1.54, 1.807) is 8.61 Å². The van der Waals surface area contributed by atoms with Crippen molar-refractivity contribution in [3.63, 3.8) is 0 Å². The Bertz CT molecular complexity index is 423. The predicted octanol–water partition coefficient (Wildman–Crippen LogP) is 0.172. The summed E-state index contributed by atoms with van der Waals surface area (Å²) in [7, 11) is -3.29. The maximum absolute atomic E-state index is 12.7. The van der Waals surface area contributed by atoms with Crippen LogP contribution in [-0.2, 0) is 14.9 Å². The first-order valence-electron chi connectivity index (χ1n) is 7.72. The Morgan fingerprint density at radius 3 is 2.35 bits per heavy atom. The van der Waals surface area contributed by atoms with Crippen molar-refractivity contribution in [1.29, 1.82) is 0 Å². The summed E-state index contributed by atoms with van der Waals surface area (Å²) in [6.07, 6.45) is 4.92. The van der Waals surface area contributed by atoms with Gasteiger partial charge < -0.3 is 10.1 Å². The number of nitrogens with zero attached hydrogens (tertiary/aromatic N) is 2. The van der Waals surface area contributed by atoms with Crippen LogP contribution in [0.2, 0.25) is 0 Å². The third-order valence-corrected chi connectivity index (χ3v) is 6.68. The predicted molar refractivity (Wildman–Crippen MR) is 76.7 cm³/mol. The Hall–Kier alpha value is -0.210. The molecule has 7 heteroatoms. The number of ether oxygens (including phenoxy) is 1. The topological polar surface area (TPSA) is 61.9 Å². The number of hydrogen-bond acceptors (Lipinski definition) is 4. The van der Waals surface area contributed by atoms with Crippen molar-refractivity contribution in [2.24, 2.45) is 0 Å². The summed E-state index contributed by atoms with van der Waals surface area (Å²) in [6.45, 7) is 4.71. The van der Waals surface area contributed by atoms with Gasteiger partial charge in [-0.3, -0.25) is 0 Å². The number of morpholine rings is 1. The lowest BCUT2D eigenvalue weighted by Crippen LogP contribution is -2.59. The Labute approximate surface area is 121 Å². The minimum Gasteiger partial charge on any atom is -0.372 e. The maximum atomic E-state index is 12.7. The highest BCUT2D eigenvalue weighted by Crippen LogP contribution is 2.30. The second kappa shape index (κ2) is 5.88. The molecule has 6 nitrogen and oxygen atoms in total. The summed E-state index contributed by atoms with van der Waals surface area (Å²) < 4.78 is 34.8. The molecule has 3 aliphatic heterocycles. The molecule has 0 amide bonds. The van der Waals surface area contributed by atoms with E-state index in [0.29, 0.717) is 32.8 Å². The van der Waals surface area contributed by atoms with E-state index in [0.717, 1.165) is 45.2 Å². The van der Waals surface area contributed by atoms with Gasteiger partial charge in [-0.15, -0.1) is 0 Å². The van der Waals surface area contributed by atoms with Gasteiger partial charge in [0.15, 0.2) is 0 Å². The Morgan fingerprint density at radius 1 is 0.950 bits per heavy atom. The van der Waals surface area contributed by atoms with Crippen LogP contribution in [0.4, 0.5) is 0 Å². The van der Waals surface area contributed by atoms with Crippen molar-refractivity contribution in [2.45, 2.75) is 37.7 Å². The van der Waals surface area contributed by atoms with Crippen LogP contribution in [0.15, 0.2) is 0 Å². The number of hydrogen-bond donors (Lipinski definition) is 1. The van der Waals surface area contributed by atoms with Gasteiger partial charge in [0.1, 0.15) is 0 Å². The molecule has 3 fully saturated rings. The highest BCUT2D eigenvalue weighted by Gasteiger charge is 2.43. The van der Waals surface area contributed by atoms with E-state index in [1.807, 2.05) is 0 Å². The molecule has 3 heterocycles. The summed E-state index contributed by atoms with van der Waals surface area (Å²) in [5, 5.41) is 3.31. The van der Waals surface area contributed by atoms with Crippen molar-refractivity contribution in [1.82, 2.24) is 13.9 Å². The fraction of sp³-hybridized carbons (Fsp3) is 1.00. The fourth-order valence-electron chi connectivity index (χ4n) is 3.45. The highest BCUT2D eigenvalue weighted by molar-refractivity contribution is 7.86. The molecule has 0 aromatic heterocycles. The second-order valence-corrected chi connectivity index (χ2v) is 8.01. The normalized spacial score (nSPS) is 29.6. The molecule has 0 radical (unpaired) electrons. The third-order valence-electron chi connectivity index (χ3n) is 4.70. The van der Waals surface area contributed by atoms with E-state index in [2.05, 4.69) is 5.32 Å². The van der Waals surface area contributed by atoms with Gasteiger partial charge in [0, 0.05) is 26.2 Å². The molecule has 0 aromatic rings. The molecular formula is C13H25N3O3S. The molecule has 0 aromatic carbocycles. The van der Waals surface area contributed by atoms with E-state index in [-0.39, 0.29) is 5.60 Å². The second-order valence-electron chi connectivity index (χ2n) is 6.08. The van der Waals surface area contributed by atoms with Gasteiger partial charge in [-0.25, -0.2) is 0 Å². The molecular weight excluding hydrogens is 278 g/mol. The van der Waals surface area contributed by atoms with Crippen LogP contribution in [0.3, 0.4) is 0 Å². The lowest BCUT2D eigenvalue weighted by molar-refractivity contribution is -0.106. The Morgan fingerprint density at radius 2 is 1.65 bits per heavy atom. The van der Waals surface area contributed by atoms with Gasteiger partial charge in [0.25, 0.3) is 10.2 Å². The van der Waals surface area contributed by atoms with Crippen LogP contribution >= 0.6 is 0 Å². The van der Waals surface area contributed by atoms with Crippen LogP contribution in [0, 0.1) is 0 Å². The Kier molecular flexibility index (Phi) is 4.33. The monoisotopic (exact) mass is 303 g/mol. The van der Waals surface area contributed by atoms with Gasteiger partial charge in [-0.05, 0) is 38.8 Å². The lowest BCUT2D eigenvalue weighted by atomic mass is 9.91. The van der Waals surface area contributed by atoms with Gasteiger partial charge in [0.2, 0.25) is 0 Å². The van der Waals surface area contributed by atoms with E-state index < -0.39 is 10.2 Å². The molecule has 0 atom stereocenters. The number of piperidine rings is 2. The average Bonchev–Trinajstić information content (AvgIpc) is 2.49. The van der Waals surface area contributed by atoms with Crippen molar-refractivity contribution in [3.8, 4) is 0 Å². The zero-order valence-corrected chi connectivity index (χ0v) is 12.8. The summed E-state index contributed by atoms with van der Waals surface area (Å²) in [5.41, 5.74) is -0.258. The summed E-state index contributed by atoms with van der Waals surface area (Å²) in [6, 6.07) is 0. The van der Waals surface area contributed by atoms with Crippen molar-refractivity contribution in [2.75, 3.05) is 45.9 Å². The number of rotatable bonds is 2. The summed E-state index contributed by atoms with van der Waals surface area (Å²) in [5.74, 6) is 0. The van der Waals surface area contributed by atoms with Crippen LogP contribution in [0.1, 0.15) is 32.1 Å². The van der Waals surface area contributed by atoms with E-state index in [1.165, 1.54) is 0 Å². The van der Waals surface area contributed by atoms with E-state index >= 15 is 0 Å². The molecule has 3 saturated heterocycles. The minimum absolute atomic E-state index is 0.258. The quantitative estimate of drug-likeness (QED) is 0.790. The molecule has 1 spiro atoms. The highest BCUT2D eigenvalue weighted by atomic mass is 32.2. The van der Waals surface area contributed by atoms with Crippen LogP contribution in [-0.4, -0.2) is 68.5 Å². The summed E-state index contributed by atoms with van der Waals surface area (Å²) >= 11 is 0. The van der Waals surface area contributed by atoms with Gasteiger partial charge in [0.05, 0.1) is 12.2 Å². The smallest absolute Gasteiger partial charge is 0.282 e. The first-order valence-corrected chi connectivity index (χ1v) is 9.12. The van der Waals surface area contributed by atoms with E-state index in [4.69, 9.17) is 4.74 Å². The molecule has 0 bridgehead atoms. The zero-order valence-electron chi connectivity index (χ0n) is 12.0. The maximum Gasteiger partial charge on any atom is 0.282 e. The molecule has 1 N–H and O–H groups in total. The first kappa shape index (κ1) is 14.7. The van der Waals surface area contributed by atoms with Crippen LogP contribution < -0.4 is 5.32 Å². The zero-order chi connectivity index (χ0) is 14.1. The van der Waals surface area contributed by atoms with Crippen molar-refractivity contribution in [3.05, 3.63) is 0 Å². The molecule has 0 saturated carbocycles. The largest absolute Gasteiger partial charge is 0.372 e. The summed E-state index contributed by atoms with van der Waals surface area (Å²) in [4.78, 5) is 0. The Balaban J connectivity index is 1.72. The average molecular weight is 303 g/mol. The molecule has 0 unspecified atom stereocenters. The number of nitrogens with one attached hydrogen (secondary N) is 1. The molecule has 3 rings (SSSR count). The van der Waals surface area contributed by atoms with Crippen molar-refractivity contribution < 1.29 is 13.2 Å². The molecule has 3 aliphatic rings. The van der Waals surface area contributed by atoms with Gasteiger partial charge in [-0.2, -0.15) is 17.0 Å². The SMILES string of the molecule is O=S(=O)(N1CCCCC1)N1CCOC2(CCNCC2)C1. The van der Waals surface area contributed by atoms with Crippen LogP contribution in [0.5, 0.6) is 0 Å². The molecule has 116 valence electrons. The standard InChI is InChI=1S/C13H25N3O3S/c17-20(18,15-8-2-1-3-9-15)16-10-11-19-13(12-16)4-6-14-7-5-13/h14H,1-12H2. The van der Waals surface area contributed by atoms with E-state index in [9.17, 15) is 8.42 Å². The minimum atomic E-state index is -3.29. The molecule has 20 heavy (non-hydrogen) atoms. The van der Waals surface area contributed by atoms with Crippen molar-refractivity contribution >= 4 is 10.2 Å². The first-order chi connectivity index (χ1) is 9.62. The van der Waals surface area contributed by atoms with Crippen LogP contribution in [0.25, 0.3) is 0 Å². The molecule has 0 aliphatic carbocycles. The third kappa shape index (κ3) is 2.87. The fourth-order valence-corrected chi connectivity index (χ4v) is 5.20. The van der Waals surface area contributed by atoms with Gasteiger partial charge >= 0.3 is 0 Å². The van der Waals surface area contributed by atoms with Gasteiger partial charge in [-0.1, -0.05) is 6.42 Å². The lowest BCUT2D eigenvalue weighted by Gasteiger charge is -2.45.